The number of imidazole rings is 1. The van der Waals surface area contributed by atoms with Crippen molar-refractivity contribution in [1.82, 2.24) is 24.4 Å². The van der Waals surface area contributed by atoms with Crippen molar-refractivity contribution in [3.05, 3.63) is 56.7 Å². The van der Waals surface area contributed by atoms with Crippen molar-refractivity contribution >= 4 is 28.0 Å². The number of methoxy groups -OCH3 is 1. The predicted molar refractivity (Wildman–Crippen MR) is 101 cm³/mol. The SMILES string of the molecule is COc1cc(C(=O)NCc2nc3c([nH]2)c(=O)n(C)c(=O)n3C)cc2occc12. The Kier molecular flexibility index (Phi) is 4.03. The molecule has 0 saturated heterocycles. The normalized spacial score (nSPS) is 11.2. The fourth-order valence-electron chi connectivity index (χ4n) is 3.06. The van der Waals surface area contributed by atoms with Crippen molar-refractivity contribution in [3.63, 3.8) is 0 Å². The van der Waals surface area contributed by atoms with Crippen LogP contribution in [-0.2, 0) is 20.6 Å². The van der Waals surface area contributed by atoms with Crippen LogP contribution in [0.1, 0.15) is 16.2 Å². The largest absolute Gasteiger partial charge is 0.496 e. The van der Waals surface area contributed by atoms with E-state index in [0.717, 1.165) is 9.95 Å². The zero-order valence-electron chi connectivity index (χ0n) is 15.4. The maximum atomic E-state index is 12.5. The van der Waals surface area contributed by atoms with Gasteiger partial charge in [0.1, 0.15) is 22.7 Å². The zero-order chi connectivity index (χ0) is 20.0. The van der Waals surface area contributed by atoms with E-state index in [9.17, 15) is 14.4 Å². The first kappa shape index (κ1) is 17.6. The lowest BCUT2D eigenvalue weighted by molar-refractivity contribution is 0.0949. The Morgan fingerprint density at radius 2 is 2.07 bits per heavy atom. The lowest BCUT2D eigenvalue weighted by atomic mass is 10.1. The average molecular weight is 383 g/mol. The number of hydrogen-bond donors (Lipinski definition) is 2. The van der Waals surface area contributed by atoms with E-state index >= 15 is 0 Å². The molecule has 0 aliphatic heterocycles. The van der Waals surface area contributed by atoms with E-state index in [1.807, 2.05) is 0 Å². The van der Waals surface area contributed by atoms with E-state index in [4.69, 9.17) is 9.15 Å². The molecule has 144 valence electrons. The summed E-state index contributed by atoms with van der Waals surface area (Å²) in [5, 5.41) is 3.50. The molecule has 3 aromatic heterocycles. The van der Waals surface area contributed by atoms with Gasteiger partial charge >= 0.3 is 5.69 Å². The van der Waals surface area contributed by atoms with Gasteiger partial charge in [0.15, 0.2) is 5.65 Å². The van der Waals surface area contributed by atoms with Gasteiger partial charge in [-0.1, -0.05) is 0 Å². The molecule has 0 unspecified atom stereocenters. The number of fused-ring (bicyclic) bond motifs is 2. The number of hydrogen-bond acceptors (Lipinski definition) is 6. The Hall–Kier alpha value is -3.82. The second-order valence-electron chi connectivity index (χ2n) is 6.28. The first-order valence-electron chi connectivity index (χ1n) is 8.38. The topological polar surface area (TPSA) is 124 Å². The number of benzene rings is 1. The predicted octanol–water partition coefficient (Wildman–Crippen LogP) is 0.645. The standard InChI is InChI=1S/C18H17N5O5/c1-22-15-14(17(25)23(2)18(22)26)20-13(21-15)8-19-16(24)9-6-11(27-3)10-4-5-28-12(10)7-9/h4-7H,8H2,1-3H3,(H,19,24)(H,20,21). The van der Waals surface area contributed by atoms with E-state index in [1.165, 1.54) is 32.0 Å². The summed E-state index contributed by atoms with van der Waals surface area (Å²) in [5.74, 6) is 0.519. The number of aromatic amines is 1. The molecule has 0 fully saturated rings. The van der Waals surface area contributed by atoms with E-state index < -0.39 is 11.2 Å². The fourth-order valence-corrected chi connectivity index (χ4v) is 3.06. The maximum Gasteiger partial charge on any atom is 0.332 e. The molecule has 0 aliphatic carbocycles. The van der Waals surface area contributed by atoms with Crippen molar-refractivity contribution < 1.29 is 13.9 Å². The summed E-state index contributed by atoms with van der Waals surface area (Å²) >= 11 is 0. The van der Waals surface area contributed by atoms with Gasteiger partial charge < -0.3 is 19.5 Å². The third kappa shape index (κ3) is 2.66. The van der Waals surface area contributed by atoms with Gasteiger partial charge in [0, 0.05) is 19.7 Å². The van der Waals surface area contributed by atoms with Crippen LogP contribution >= 0.6 is 0 Å². The molecule has 3 heterocycles. The number of nitrogens with one attached hydrogen (secondary N) is 2. The van der Waals surface area contributed by atoms with E-state index in [0.29, 0.717) is 22.7 Å². The monoisotopic (exact) mass is 383 g/mol. The van der Waals surface area contributed by atoms with Crippen molar-refractivity contribution in [2.75, 3.05) is 7.11 Å². The molecular weight excluding hydrogens is 366 g/mol. The summed E-state index contributed by atoms with van der Waals surface area (Å²) in [4.78, 5) is 43.9. The minimum absolute atomic E-state index is 0.0450. The molecule has 0 radical (unpaired) electrons. The Labute approximate surface area is 157 Å². The summed E-state index contributed by atoms with van der Waals surface area (Å²) in [7, 11) is 4.44. The number of H-pyrrole nitrogens is 1. The van der Waals surface area contributed by atoms with Crippen LogP contribution in [0.3, 0.4) is 0 Å². The summed E-state index contributed by atoms with van der Waals surface area (Å²) in [6.45, 7) is 0.0450. The highest BCUT2D eigenvalue weighted by Gasteiger charge is 2.16. The van der Waals surface area contributed by atoms with Gasteiger partial charge in [-0.05, 0) is 18.2 Å². The lowest BCUT2D eigenvalue weighted by Crippen LogP contribution is -2.36. The molecule has 0 atom stereocenters. The molecule has 4 rings (SSSR count). The highest BCUT2D eigenvalue weighted by molar-refractivity contribution is 5.99. The van der Waals surface area contributed by atoms with Gasteiger partial charge in [-0.15, -0.1) is 0 Å². The second-order valence-corrected chi connectivity index (χ2v) is 6.28. The number of carbonyl (C=O) groups is 1. The number of nitrogens with zero attached hydrogens (tertiary/aromatic N) is 3. The fraction of sp³-hybridized carbons (Fsp3) is 0.222. The lowest BCUT2D eigenvalue weighted by Gasteiger charge is -2.06. The molecule has 2 N–H and O–H groups in total. The van der Waals surface area contributed by atoms with Crippen molar-refractivity contribution in [2.24, 2.45) is 14.1 Å². The van der Waals surface area contributed by atoms with Crippen LogP contribution in [0.5, 0.6) is 5.75 Å². The minimum atomic E-state index is -0.476. The smallest absolute Gasteiger partial charge is 0.332 e. The molecule has 0 spiro atoms. The molecule has 1 aromatic carbocycles. The first-order valence-corrected chi connectivity index (χ1v) is 8.38. The second kappa shape index (κ2) is 6.41. The number of amides is 1. The molecule has 0 aliphatic rings. The molecule has 4 aromatic rings. The summed E-state index contributed by atoms with van der Waals surface area (Å²) in [6.07, 6.45) is 1.52. The van der Waals surface area contributed by atoms with Gasteiger partial charge in [-0.2, -0.15) is 0 Å². The minimum Gasteiger partial charge on any atom is -0.496 e. The molecule has 28 heavy (non-hydrogen) atoms. The number of aromatic nitrogens is 4. The highest BCUT2D eigenvalue weighted by atomic mass is 16.5. The summed E-state index contributed by atoms with van der Waals surface area (Å²) in [6, 6.07) is 4.99. The Morgan fingerprint density at radius 1 is 1.29 bits per heavy atom. The highest BCUT2D eigenvalue weighted by Crippen LogP contribution is 2.28. The van der Waals surface area contributed by atoms with Crippen LogP contribution in [0.15, 0.2) is 38.5 Å². The molecule has 0 bridgehead atoms. The average Bonchev–Trinajstić information content (AvgIpc) is 3.35. The van der Waals surface area contributed by atoms with Gasteiger partial charge in [0.25, 0.3) is 11.5 Å². The van der Waals surface area contributed by atoms with Crippen LogP contribution in [-0.4, -0.2) is 32.1 Å². The Morgan fingerprint density at radius 3 is 2.82 bits per heavy atom. The third-order valence-electron chi connectivity index (χ3n) is 4.58. The van der Waals surface area contributed by atoms with Crippen LogP contribution in [0.2, 0.25) is 0 Å². The molecule has 10 heteroatoms. The number of carbonyl (C=O) groups excluding carboxylic acids is 1. The number of rotatable bonds is 4. The van der Waals surface area contributed by atoms with Gasteiger partial charge in [-0.25, -0.2) is 9.78 Å². The zero-order valence-corrected chi connectivity index (χ0v) is 15.4. The van der Waals surface area contributed by atoms with Crippen LogP contribution < -0.4 is 21.3 Å². The maximum absolute atomic E-state index is 12.5. The van der Waals surface area contributed by atoms with Crippen molar-refractivity contribution in [1.29, 1.82) is 0 Å². The number of furan rings is 1. The van der Waals surface area contributed by atoms with Gasteiger partial charge in [-0.3, -0.25) is 18.7 Å². The van der Waals surface area contributed by atoms with E-state index in [-0.39, 0.29) is 23.6 Å². The Bertz CT molecular complexity index is 1340. The number of ether oxygens (including phenoxy) is 1. The first-order chi connectivity index (χ1) is 13.4. The molecular formula is C18H17N5O5. The van der Waals surface area contributed by atoms with Gasteiger partial charge in [0.2, 0.25) is 0 Å². The molecule has 10 nitrogen and oxygen atoms in total. The van der Waals surface area contributed by atoms with Crippen molar-refractivity contribution in [2.45, 2.75) is 6.54 Å². The summed E-state index contributed by atoms with van der Waals surface area (Å²) < 4.78 is 12.9. The third-order valence-corrected chi connectivity index (χ3v) is 4.58. The van der Waals surface area contributed by atoms with Crippen LogP contribution in [0.25, 0.3) is 22.1 Å². The van der Waals surface area contributed by atoms with E-state index in [1.54, 1.807) is 18.2 Å². The molecule has 0 saturated carbocycles. The van der Waals surface area contributed by atoms with Crippen LogP contribution in [0, 0.1) is 0 Å². The Balaban J connectivity index is 1.62. The quantitative estimate of drug-likeness (QED) is 0.533. The summed E-state index contributed by atoms with van der Waals surface area (Å²) in [5.41, 5.74) is 0.378. The van der Waals surface area contributed by atoms with Crippen molar-refractivity contribution in [3.8, 4) is 5.75 Å². The van der Waals surface area contributed by atoms with Crippen LogP contribution in [0.4, 0.5) is 0 Å². The number of aryl methyl sites for hydroxylation is 1. The molecule has 1 amide bonds. The van der Waals surface area contributed by atoms with E-state index in [2.05, 4.69) is 15.3 Å². The van der Waals surface area contributed by atoms with Gasteiger partial charge in [0.05, 0.1) is 25.3 Å².